The third-order valence-electron chi connectivity index (χ3n) is 6.95. The second-order valence-corrected chi connectivity index (χ2v) is 12.1. The average Bonchev–Trinajstić information content (AvgIpc) is 3.29. The second-order valence-electron chi connectivity index (χ2n) is 9.22. The first-order valence-electron chi connectivity index (χ1n) is 11.7. The van der Waals surface area contributed by atoms with E-state index in [1.165, 1.54) is 35.5 Å². The lowest BCUT2D eigenvalue weighted by atomic mass is 9.75. The molecule has 1 amide bonds. The molecule has 1 saturated carbocycles. The molecule has 0 bridgehead atoms. The van der Waals surface area contributed by atoms with E-state index >= 15 is 0 Å². The Balaban J connectivity index is 1.59. The molecule has 0 spiro atoms. The fourth-order valence-electron chi connectivity index (χ4n) is 5.20. The van der Waals surface area contributed by atoms with E-state index in [9.17, 15) is 23.3 Å². The maximum Gasteiger partial charge on any atom is 0.434 e. The van der Waals surface area contributed by atoms with Crippen LogP contribution in [0.15, 0.2) is 29.4 Å². The number of carbonyl (C=O) groups excluding carboxylic acids is 1. The number of nitrogens with one attached hydrogen (secondary N) is 1. The fourth-order valence-corrected chi connectivity index (χ4v) is 7.97. The molecule has 3 atom stereocenters. The monoisotopic (exact) mass is 577 g/mol. The molecule has 1 saturated heterocycles. The van der Waals surface area contributed by atoms with E-state index in [0.717, 1.165) is 25.7 Å². The van der Waals surface area contributed by atoms with Gasteiger partial charge in [-0.2, -0.15) is 4.72 Å². The number of rotatable bonds is 8. The zero-order valence-electron chi connectivity index (χ0n) is 19.3. The lowest BCUT2D eigenvalue weighted by molar-refractivity contribution is -0.396. The van der Waals surface area contributed by atoms with Crippen molar-refractivity contribution in [2.45, 2.75) is 56.0 Å². The summed E-state index contributed by atoms with van der Waals surface area (Å²) >= 11 is 18.2. The smallest absolute Gasteiger partial charge is 0.390 e. The first kappa shape index (κ1) is 27.1. The highest BCUT2D eigenvalue weighted by atomic mass is 35.5. The molecule has 1 aromatic carbocycles. The Morgan fingerprint density at radius 2 is 1.83 bits per heavy atom. The molecular formula is C22H26Cl3N5O5S. The van der Waals surface area contributed by atoms with Crippen molar-refractivity contribution >= 4 is 56.7 Å². The SMILES string of the molecule is O=C(C(CCn1ccnc1[N+](=O)[O-])NS(=O)(=O)c1c(Cl)cc(Cl)cc1Cl)N1CC[C@@H]2CCCC[C@@H]2C1. The number of hydrogen-bond donors (Lipinski definition) is 1. The molecule has 2 fully saturated rings. The van der Waals surface area contributed by atoms with Gasteiger partial charge in [0.05, 0.1) is 16.6 Å². The highest BCUT2D eigenvalue weighted by Crippen LogP contribution is 2.37. The molecule has 1 N–H and O–H groups in total. The van der Waals surface area contributed by atoms with Gasteiger partial charge in [0.15, 0.2) is 0 Å². The van der Waals surface area contributed by atoms with Gasteiger partial charge in [-0.25, -0.2) is 13.0 Å². The van der Waals surface area contributed by atoms with E-state index in [0.29, 0.717) is 24.9 Å². The second kappa shape index (κ2) is 11.2. The summed E-state index contributed by atoms with van der Waals surface area (Å²) in [5.74, 6) is 0.198. The number of benzene rings is 1. The van der Waals surface area contributed by atoms with Crippen molar-refractivity contribution in [2.75, 3.05) is 13.1 Å². The summed E-state index contributed by atoms with van der Waals surface area (Å²) in [6, 6.07) is 1.31. The van der Waals surface area contributed by atoms with E-state index in [1.54, 1.807) is 4.90 Å². The Kier molecular flexibility index (Phi) is 8.45. The molecule has 2 aromatic rings. The molecule has 196 valence electrons. The summed E-state index contributed by atoms with van der Waals surface area (Å²) in [6.07, 6.45) is 8.04. The van der Waals surface area contributed by atoms with E-state index in [2.05, 4.69) is 9.71 Å². The average molecular weight is 579 g/mol. The van der Waals surface area contributed by atoms with Crippen LogP contribution < -0.4 is 4.72 Å². The molecule has 1 aliphatic heterocycles. The van der Waals surface area contributed by atoms with Crippen LogP contribution in [0.2, 0.25) is 15.1 Å². The van der Waals surface area contributed by atoms with Gasteiger partial charge in [0, 0.05) is 24.5 Å². The van der Waals surface area contributed by atoms with Crippen molar-refractivity contribution in [2.24, 2.45) is 11.8 Å². The molecule has 1 aliphatic carbocycles. The zero-order valence-corrected chi connectivity index (χ0v) is 22.4. The molecule has 2 aliphatic rings. The maximum atomic E-state index is 13.6. The van der Waals surface area contributed by atoms with E-state index in [-0.39, 0.29) is 38.8 Å². The molecule has 10 nitrogen and oxygen atoms in total. The topological polar surface area (TPSA) is 127 Å². The fraction of sp³-hybridized carbons (Fsp3) is 0.545. The zero-order chi connectivity index (χ0) is 26.0. The molecule has 2 heterocycles. The predicted octanol–water partition coefficient (Wildman–Crippen LogP) is 4.53. The molecule has 0 radical (unpaired) electrons. The van der Waals surface area contributed by atoms with E-state index < -0.39 is 26.9 Å². The Hall–Kier alpha value is -1.92. The van der Waals surface area contributed by atoms with Gasteiger partial charge in [-0.05, 0) is 41.7 Å². The van der Waals surface area contributed by atoms with Crippen molar-refractivity contribution in [1.29, 1.82) is 0 Å². The van der Waals surface area contributed by atoms with Crippen LogP contribution in [-0.4, -0.2) is 52.8 Å². The number of fused-ring (bicyclic) bond motifs is 1. The summed E-state index contributed by atoms with van der Waals surface area (Å²) in [5.41, 5.74) is 0. The normalized spacial score (nSPS) is 21.1. The molecule has 1 aromatic heterocycles. The lowest BCUT2D eigenvalue weighted by Gasteiger charge is -2.42. The molecule has 36 heavy (non-hydrogen) atoms. The largest absolute Gasteiger partial charge is 0.434 e. The van der Waals surface area contributed by atoms with Crippen molar-refractivity contribution in [3.8, 4) is 0 Å². The van der Waals surface area contributed by atoms with Gasteiger partial charge in [0.25, 0.3) is 0 Å². The number of aryl methyl sites for hydroxylation is 1. The number of halogens is 3. The minimum Gasteiger partial charge on any atom is -0.390 e. The first-order valence-corrected chi connectivity index (χ1v) is 14.3. The van der Waals surface area contributed by atoms with Crippen LogP contribution >= 0.6 is 34.8 Å². The minimum atomic E-state index is -4.34. The summed E-state index contributed by atoms with van der Waals surface area (Å²) in [7, 11) is -4.34. The number of amides is 1. The van der Waals surface area contributed by atoms with Gasteiger partial charge in [0.2, 0.25) is 15.9 Å². The van der Waals surface area contributed by atoms with Gasteiger partial charge < -0.3 is 15.0 Å². The van der Waals surface area contributed by atoms with Crippen molar-refractivity contribution < 1.29 is 18.1 Å². The molecule has 14 heteroatoms. The van der Waals surface area contributed by atoms with Crippen LogP contribution in [-0.2, 0) is 21.4 Å². The van der Waals surface area contributed by atoms with Crippen molar-refractivity contribution in [1.82, 2.24) is 19.2 Å². The third kappa shape index (κ3) is 5.96. The third-order valence-corrected chi connectivity index (χ3v) is 9.56. The summed E-state index contributed by atoms with van der Waals surface area (Å²) in [6.45, 7) is 1.10. The summed E-state index contributed by atoms with van der Waals surface area (Å²) < 4.78 is 30.4. The molecular weight excluding hydrogens is 553 g/mol. The number of sulfonamides is 1. The van der Waals surface area contributed by atoms with Crippen molar-refractivity contribution in [3.63, 3.8) is 0 Å². The van der Waals surface area contributed by atoms with Crippen LogP contribution in [0, 0.1) is 22.0 Å². The number of likely N-dealkylation sites (tertiary alicyclic amines) is 1. The van der Waals surface area contributed by atoms with Gasteiger partial charge in [0.1, 0.15) is 23.3 Å². The highest BCUT2D eigenvalue weighted by Gasteiger charge is 2.37. The quantitative estimate of drug-likeness (QED) is 0.362. The highest BCUT2D eigenvalue weighted by molar-refractivity contribution is 7.89. The van der Waals surface area contributed by atoms with E-state index in [4.69, 9.17) is 34.8 Å². The minimum absolute atomic E-state index is 0.00276. The number of piperidine rings is 1. The molecule has 4 rings (SSSR count). The Labute approximate surface area is 224 Å². The number of imidazole rings is 1. The van der Waals surface area contributed by atoms with Crippen LogP contribution in [0.1, 0.15) is 38.5 Å². The van der Waals surface area contributed by atoms with Crippen molar-refractivity contribution in [3.05, 3.63) is 49.7 Å². The van der Waals surface area contributed by atoms with E-state index in [1.807, 2.05) is 0 Å². The first-order chi connectivity index (χ1) is 17.1. The summed E-state index contributed by atoms with van der Waals surface area (Å²) in [5, 5.41) is 11.1. The van der Waals surface area contributed by atoms with Crippen LogP contribution in [0.5, 0.6) is 0 Å². The Morgan fingerprint density at radius 3 is 2.50 bits per heavy atom. The van der Waals surface area contributed by atoms with Gasteiger partial charge in [-0.15, -0.1) is 0 Å². The van der Waals surface area contributed by atoms with Gasteiger partial charge in [-0.3, -0.25) is 4.79 Å². The predicted molar refractivity (Wildman–Crippen MR) is 136 cm³/mol. The maximum absolute atomic E-state index is 13.6. The van der Waals surface area contributed by atoms with Gasteiger partial charge in [-0.1, -0.05) is 59.0 Å². The number of nitro groups is 1. The number of hydrogen-bond acceptors (Lipinski definition) is 6. The van der Waals surface area contributed by atoms with Gasteiger partial charge >= 0.3 is 5.95 Å². The van der Waals surface area contributed by atoms with Crippen LogP contribution in [0.3, 0.4) is 0 Å². The lowest BCUT2D eigenvalue weighted by Crippen LogP contribution is -2.53. The number of carbonyl (C=O) groups is 1. The Bertz CT molecular complexity index is 1230. The number of nitrogens with zero attached hydrogens (tertiary/aromatic N) is 4. The van der Waals surface area contributed by atoms with Crippen LogP contribution in [0.4, 0.5) is 5.95 Å². The standard InChI is InChI=1S/C22H26Cl3N5O5S/c23-16-11-17(24)20(18(25)12-16)36(34,35)27-19(6-9-28-10-7-26-22(28)30(32)33)21(31)29-8-5-14-3-1-2-4-15(14)13-29/h7,10-12,14-15,19,27H,1-6,8-9,13H2/t14-,15+,19?/m0/s1. The van der Waals surface area contributed by atoms with Crippen LogP contribution in [0.25, 0.3) is 0 Å². The molecule has 1 unspecified atom stereocenters. The summed E-state index contributed by atoms with van der Waals surface area (Å²) in [4.78, 5) is 29.3. The Morgan fingerprint density at radius 1 is 1.17 bits per heavy atom. The number of aromatic nitrogens is 2.